The lowest BCUT2D eigenvalue weighted by atomic mass is 9.95. The summed E-state index contributed by atoms with van der Waals surface area (Å²) in [4.78, 5) is 14.0. The van der Waals surface area contributed by atoms with Gasteiger partial charge in [-0.2, -0.15) is 0 Å². The third kappa shape index (κ3) is 4.58. The molecular weight excluding hydrogens is 362 g/mol. The average Bonchev–Trinajstić information content (AvgIpc) is 3.54. The number of ether oxygens (including phenoxy) is 1. The van der Waals surface area contributed by atoms with Crippen molar-refractivity contribution < 1.29 is 14.6 Å². The quantitative estimate of drug-likeness (QED) is 0.456. The van der Waals surface area contributed by atoms with E-state index in [2.05, 4.69) is 38.1 Å². The van der Waals surface area contributed by atoms with E-state index >= 15 is 0 Å². The summed E-state index contributed by atoms with van der Waals surface area (Å²) in [5.74, 6) is 0.841. The van der Waals surface area contributed by atoms with E-state index < -0.39 is 6.09 Å². The maximum absolute atomic E-state index is 12.3. The van der Waals surface area contributed by atoms with E-state index in [0.717, 1.165) is 67.4 Å². The first-order valence-electron chi connectivity index (χ1n) is 10.8. The van der Waals surface area contributed by atoms with Crippen molar-refractivity contribution in [1.29, 1.82) is 0 Å². The third-order valence-corrected chi connectivity index (χ3v) is 6.21. The number of nitrogens with zero attached hydrogens (tertiary/aromatic N) is 1. The number of hydrogen-bond acceptors (Lipinski definition) is 2. The minimum atomic E-state index is -0.787. The van der Waals surface area contributed by atoms with Crippen LogP contribution in [0.4, 0.5) is 4.79 Å². The van der Waals surface area contributed by atoms with Crippen LogP contribution in [0.1, 0.15) is 64.4 Å². The molecule has 29 heavy (non-hydrogen) atoms. The Kier molecular flexibility index (Phi) is 6.83. The van der Waals surface area contributed by atoms with Crippen LogP contribution in [0.5, 0.6) is 5.75 Å². The molecule has 1 fully saturated rings. The number of methoxy groups -OCH3 is 1. The Bertz CT molecular complexity index is 794. The lowest BCUT2D eigenvalue weighted by Crippen LogP contribution is -2.46. The van der Waals surface area contributed by atoms with E-state index in [-0.39, 0.29) is 11.6 Å². The molecule has 0 saturated heterocycles. The van der Waals surface area contributed by atoms with Gasteiger partial charge in [0, 0.05) is 6.04 Å². The fraction of sp³-hybridized carbons (Fsp3) is 0.480. The van der Waals surface area contributed by atoms with E-state index in [1.807, 2.05) is 24.3 Å². The van der Waals surface area contributed by atoms with Gasteiger partial charge in [0.25, 0.3) is 0 Å². The van der Waals surface area contributed by atoms with Crippen LogP contribution in [0.15, 0.2) is 48.5 Å². The van der Waals surface area contributed by atoms with Crippen LogP contribution in [-0.4, -0.2) is 29.3 Å². The molecule has 0 aliphatic heterocycles. The fourth-order valence-corrected chi connectivity index (χ4v) is 4.38. The molecule has 3 rings (SSSR count). The van der Waals surface area contributed by atoms with E-state index in [1.165, 1.54) is 0 Å². The predicted octanol–water partition coefficient (Wildman–Crippen LogP) is 6.69. The van der Waals surface area contributed by atoms with E-state index in [0.29, 0.717) is 0 Å². The van der Waals surface area contributed by atoms with Crippen molar-refractivity contribution >= 4 is 6.09 Å². The second kappa shape index (κ2) is 9.34. The van der Waals surface area contributed by atoms with E-state index in [9.17, 15) is 9.90 Å². The van der Waals surface area contributed by atoms with Crippen molar-refractivity contribution in [2.45, 2.75) is 70.4 Å². The number of carboxylic acid groups (broad SMARTS) is 1. The fourth-order valence-electron chi connectivity index (χ4n) is 4.38. The van der Waals surface area contributed by atoms with Gasteiger partial charge >= 0.3 is 6.09 Å². The molecular formula is C25H33NO3. The number of carbonyl (C=O) groups is 1. The molecule has 1 atom stereocenters. The molecule has 1 saturated carbocycles. The summed E-state index contributed by atoms with van der Waals surface area (Å²) in [5.41, 5.74) is 3.02. The largest absolute Gasteiger partial charge is 0.497 e. The van der Waals surface area contributed by atoms with Crippen LogP contribution >= 0.6 is 0 Å². The van der Waals surface area contributed by atoms with Crippen LogP contribution in [0, 0.1) is 0 Å². The van der Waals surface area contributed by atoms with E-state index in [1.54, 1.807) is 12.0 Å². The summed E-state index contributed by atoms with van der Waals surface area (Å²) < 4.78 is 5.23. The first-order valence-corrected chi connectivity index (χ1v) is 10.8. The zero-order valence-corrected chi connectivity index (χ0v) is 17.9. The molecule has 2 aromatic carbocycles. The van der Waals surface area contributed by atoms with Gasteiger partial charge in [0.1, 0.15) is 5.75 Å². The van der Waals surface area contributed by atoms with Crippen molar-refractivity contribution in [3.8, 4) is 16.9 Å². The molecule has 4 nitrogen and oxygen atoms in total. The lowest BCUT2D eigenvalue weighted by molar-refractivity contribution is 0.0819. The molecule has 1 amide bonds. The molecule has 1 unspecified atom stereocenters. The molecule has 0 aromatic heterocycles. The highest BCUT2D eigenvalue weighted by Crippen LogP contribution is 2.53. The normalized spacial score (nSPS) is 15.6. The smallest absolute Gasteiger partial charge is 0.408 e. The molecule has 0 heterocycles. The molecule has 0 spiro atoms. The van der Waals surface area contributed by atoms with Crippen molar-refractivity contribution in [2.75, 3.05) is 7.11 Å². The van der Waals surface area contributed by atoms with Crippen molar-refractivity contribution in [3.05, 3.63) is 54.1 Å². The minimum absolute atomic E-state index is 0.0859. The van der Waals surface area contributed by atoms with Gasteiger partial charge in [-0.15, -0.1) is 0 Å². The van der Waals surface area contributed by atoms with Crippen LogP contribution in [-0.2, 0) is 5.54 Å². The van der Waals surface area contributed by atoms with Crippen LogP contribution < -0.4 is 4.74 Å². The van der Waals surface area contributed by atoms with Gasteiger partial charge in [-0.1, -0.05) is 69.5 Å². The Hall–Kier alpha value is -2.49. The van der Waals surface area contributed by atoms with E-state index in [4.69, 9.17) is 4.74 Å². The first-order chi connectivity index (χ1) is 14.1. The number of unbranched alkanes of at least 4 members (excludes halogenated alkanes) is 2. The molecule has 1 N–H and O–H groups in total. The summed E-state index contributed by atoms with van der Waals surface area (Å²) in [5, 5.41) is 10.1. The molecule has 0 radical (unpaired) electrons. The number of hydrogen-bond donors (Lipinski definition) is 1. The van der Waals surface area contributed by atoms with Gasteiger partial charge in [-0.3, -0.25) is 4.90 Å². The van der Waals surface area contributed by atoms with Gasteiger partial charge in [0.2, 0.25) is 0 Å². The van der Waals surface area contributed by atoms with Crippen LogP contribution in [0.25, 0.3) is 11.1 Å². The van der Waals surface area contributed by atoms with Gasteiger partial charge in [-0.25, -0.2) is 4.79 Å². The standard InChI is InChI=1S/C25H33NO3/c1-4-6-7-8-22(5-2)26(24(27)28)25(17-18-25)21-13-9-19(10-14-21)20-11-15-23(29-3)16-12-20/h9-16,22H,4-8,17-18H2,1-3H3,(H,27,28). The summed E-state index contributed by atoms with van der Waals surface area (Å²) in [7, 11) is 1.67. The summed E-state index contributed by atoms with van der Waals surface area (Å²) in [6, 6.07) is 16.5. The minimum Gasteiger partial charge on any atom is -0.497 e. The lowest BCUT2D eigenvalue weighted by Gasteiger charge is -2.37. The SMILES string of the molecule is CCCCCC(CC)N(C(=O)O)C1(c2ccc(-c3ccc(OC)cc3)cc2)CC1. The van der Waals surface area contributed by atoms with Crippen LogP contribution in [0.2, 0.25) is 0 Å². The molecule has 0 bridgehead atoms. The molecule has 2 aromatic rings. The second-order valence-corrected chi connectivity index (χ2v) is 8.05. The zero-order chi connectivity index (χ0) is 20.9. The molecule has 1 aliphatic carbocycles. The highest BCUT2D eigenvalue weighted by Gasteiger charge is 2.53. The van der Waals surface area contributed by atoms with Crippen LogP contribution in [0.3, 0.4) is 0 Å². The van der Waals surface area contributed by atoms with Gasteiger partial charge in [0.05, 0.1) is 12.6 Å². The summed E-state index contributed by atoms with van der Waals surface area (Å²) in [6.07, 6.45) is 6.24. The molecule has 4 heteroatoms. The zero-order valence-electron chi connectivity index (χ0n) is 17.9. The second-order valence-electron chi connectivity index (χ2n) is 8.05. The molecule has 1 aliphatic rings. The maximum atomic E-state index is 12.3. The Morgan fingerprint density at radius 1 is 1.03 bits per heavy atom. The third-order valence-electron chi connectivity index (χ3n) is 6.21. The van der Waals surface area contributed by atoms with Crippen molar-refractivity contribution in [2.24, 2.45) is 0 Å². The van der Waals surface area contributed by atoms with Crippen molar-refractivity contribution in [1.82, 2.24) is 4.90 Å². The number of amides is 1. The Morgan fingerprint density at radius 3 is 2.07 bits per heavy atom. The van der Waals surface area contributed by atoms with Gasteiger partial charge in [-0.05, 0) is 54.5 Å². The van der Waals surface area contributed by atoms with Crippen molar-refractivity contribution in [3.63, 3.8) is 0 Å². The first kappa shape index (κ1) is 21.2. The Morgan fingerprint density at radius 2 is 1.62 bits per heavy atom. The monoisotopic (exact) mass is 395 g/mol. The Labute approximate surface area is 174 Å². The highest BCUT2D eigenvalue weighted by atomic mass is 16.5. The summed E-state index contributed by atoms with van der Waals surface area (Å²) >= 11 is 0. The maximum Gasteiger partial charge on any atom is 0.408 e. The highest BCUT2D eigenvalue weighted by molar-refractivity contribution is 5.69. The van der Waals surface area contributed by atoms with Gasteiger partial charge < -0.3 is 9.84 Å². The molecule has 156 valence electrons. The number of rotatable bonds is 10. The Balaban J connectivity index is 1.82. The summed E-state index contributed by atoms with van der Waals surface area (Å²) in [6.45, 7) is 4.29. The topological polar surface area (TPSA) is 49.8 Å². The van der Waals surface area contributed by atoms with Gasteiger partial charge in [0.15, 0.2) is 0 Å². The average molecular weight is 396 g/mol. The predicted molar refractivity (Wildman–Crippen MR) is 117 cm³/mol. The number of benzene rings is 2.